The average Bonchev–Trinajstić information content (AvgIpc) is 2.90. The predicted molar refractivity (Wildman–Crippen MR) is 72.4 cm³/mol. The molecule has 2 aromatic rings. The summed E-state index contributed by atoms with van der Waals surface area (Å²) in [5.41, 5.74) is 3.63. The number of anilines is 2. The van der Waals surface area contributed by atoms with Crippen molar-refractivity contribution in [2.24, 2.45) is 5.84 Å². The summed E-state index contributed by atoms with van der Waals surface area (Å²) in [5.74, 6) is 6.80. The summed E-state index contributed by atoms with van der Waals surface area (Å²) in [7, 11) is 1.96. The van der Waals surface area contributed by atoms with Gasteiger partial charge in [0.05, 0.1) is 12.5 Å². The molecule has 2 rings (SSSR count). The highest BCUT2D eigenvalue weighted by molar-refractivity contribution is 7.98. The first-order valence-corrected chi connectivity index (χ1v) is 6.57. The molecule has 0 unspecified atom stereocenters. The zero-order valence-corrected chi connectivity index (χ0v) is 11.1. The van der Waals surface area contributed by atoms with Crippen LogP contribution in [0.15, 0.2) is 34.2 Å². The SMILES string of the molecule is CSc1nc(NN)cc(N(C)Cc2ccoc2)n1. The Morgan fingerprint density at radius 3 is 2.94 bits per heavy atom. The van der Waals surface area contributed by atoms with Gasteiger partial charge >= 0.3 is 0 Å². The lowest BCUT2D eigenvalue weighted by Crippen LogP contribution is -2.19. The Morgan fingerprint density at radius 1 is 1.50 bits per heavy atom. The van der Waals surface area contributed by atoms with Crippen LogP contribution in [0.5, 0.6) is 0 Å². The lowest BCUT2D eigenvalue weighted by Gasteiger charge is -2.18. The van der Waals surface area contributed by atoms with E-state index < -0.39 is 0 Å². The average molecular weight is 265 g/mol. The Labute approximate surface area is 110 Å². The molecule has 2 aromatic heterocycles. The monoisotopic (exact) mass is 265 g/mol. The number of furan rings is 1. The number of nitrogen functional groups attached to an aromatic ring is 1. The van der Waals surface area contributed by atoms with E-state index in [0.717, 1.165) is 11.4 Å². The number of hydrazine groups is 1. The highest BCUT2D eigenvalue weighted by Crippen LogP contribution is 2.20. The van der Waals surface area contributed by atoms with Gasteiger partial charge in [0.1, 0.15) is 11.6 Å². The quantitative estimate of drug-likeness (QED) is 0.368. The van der Waals surface area contributed by atoms with Crippen molar-refractivity contribution in [2.75, 3.05) is 23.6 Å². The van der Waals surface area contributed by atoms with Gasteiger partial charge in [-0.25, -0.2) is 15.8 Å². The number of thioether (sulfide) groups is 1. The molecule has 0 bridgehead atoms. The molecule has 0 saturated heterocycles. The molecule has 7 heteroatoms. The Kier molecular flexibility index (Phi) is 4.06. The minimum Gasteiger partial charge on any atom is -0.472 e. The number of rotatable bonds is 5. The van der Waals surface area contributed by atoms with Gasteiger partial charge in [-0.05, 0) is 12.3 Å². The van der Waals surface area contributed by atoms with Crippen LogP contribution in [0.2, 0.25) is 0 Å². The lowest BCUT2D eigenvalue weighted by molar-refractivity contribution is 0.563. The summed E-state index contributed by atoms with van der Waals surface area (Å²) >= 11 is 1.47. The van der Waals surface area contributed by atoms with Gasteiger partial charge in [0.25, 0.3) is 0 Å². The van der Waals surface area contributed by atoms with Crippen LogP contribution in [0.3, 0.4) is 0 Å². The third-order valence-electron chi connectivity index (χ3n) is 2.41. The van der Waals surface area contributed by atoms with E-state index >= 15 is 0 Å². The molecule has 18 heavy (non-hydrogen) atoms. The Hall–Kier alpha value is -1.73. The van der Waals surface area contributed by atoms with Crippen LogP contribution < -0.4 is 16.2 Å². The second kappa shape index (κ2) is 5.74. The second-order valence-corrected chi connectivity index (χ2v) is 4.50. The Balaban J connectivity index is 2.20. The highest BCUT2D eigenvalue weighted by atomic mass is 32.2. The largest absolute Gasteiger partial charge is 0.472 e. The Morgan fingerprint density at radius 2 is 2.33 bits per heavy atom. The van der Waals surface area contributed by atoms with Gasteiger partial charge in [-0.2, -0.15) is 0 Å². The molecule has 3 N–H and O–H groups in total. The van der Waals surface area contributed by atoms with Gasteiger partial charge in [0.2, 0.25) is 0 Å². The van der Waals surface area contributed by atoms with E-state index in [1.807, 2.05) is 24.3 Å². The first-order valence-electron chi connectivity index (χ1n) is 5.35. The van der Waals surface area contributed by atoms with Crippen LogP contribution in [0, 0.1) is 0 Å². The zero-order valence-electron chi connectivity index (χ0n) is 10.3. The number of aromatic nitrogens is 2. The van der Waals surface area contributed by atoms with Crippen LogP contribution >= 0.6 is 11.8 Å². The smallest absolute Gasteiger partial charge is 0.191 e. The molecule has 0 saturated carbocycles. The summed E-state index contributed by atoms with van der Waals surface area (Å²) in [4.78, 5) is 10.7. The van der Waals surface area contributed by atoms with Crippen LogP contribution in [0.25, 0.3) is 0 Å². The minimum atomic E-state index is 0.600. The van der Waals surface area contributed by atoms with Crippen LogP contribution in [0.1, 0.15) is 5.56 Å². The van der Waals surface area contributed by atoms with Crippen molar-refractivity contribution in [3.05, 3.63) is 30.2 Å². The summed E-state index contributed by atoms with van der Waals surface area (Å²) in [6, 6.07) is 3.73. The minimum absolute atomic E-state index is 0.600. The van der Waals surface area contributed by atoms with E-state index in [4.69, 9.17) is 10.3 Å². The first kappa shape index (κ1) is 12.7. The van der Waals surface area contributed by atoms with Crippen molar-refractivity contribution in [3.8, 4) is 0 Å². The van der Waals surface area contributed by atoms with Gasteiger partial charge in [-0.15, -0.1) is 0 Å². The molecule has 6 nitrogen and oxygen atoms in total. The molecular formula is C11H15N5OS. The van der Waals surface area contributed by atoms with E-state index in [9.17, 15) is 0 Å². The fourth-order valence-corrected chi connectivity index (χ4v) is 1.89. The van der Waals surface area contributed by atoms with E-state index in [1.54, 1.807) is 18.6 Å². The van der Waals surface area contributed by atoms with Crippen molar-refractivity contribution in [2.45, 2.75) is 11.7 Å². The molecule has 0 aliphatic carbocycles. The molecule has 96 valence electrons. The molecular weight excluding hydrogens is 250 g/mol. The summed E-state index contributed by atoms with van der Waals surface area (Å²) in [6.45, 7) is 0.714. The second-order valence-electron chi connectivity index (χ2n) is 3.73. The maximum atomic E-state index is 5.40. The van der Waals surface area contributed by atoms with Gasteiger partial charge in [-0.3, -0.25) is 0 Å². The number of nitrogens with zero attached hydrogens (tertiary/aromatic N) is 3. The number of hydrogen-bond acceptors (Lipinski definition) is 7. The third kappa shape index (κ3) is 2.93. The molecule has 2 heterocycles. The van der Waals surface area contributed by atoms with Gasteiger partial charge in [0, 0.05) is 25.2 Å². The van der Waals surface area contributed by atoms with Crippen LogP contribution in [-0.2, 0) is 6.54 Å². The molecule has 0 fully saturated rings. The normalized spacial score (nSPS) is 10.4. The summed E-state index contributed by atoms with van der Waals surface area (Å²) < 4.78 is 5.05. The summed E-state index contributed by atoms with van der Waals surface area (Å²) in [5, 5.41) is 0.680. The molecule has 0 amide bonds. The number of hydrogen-bond donors (Lipinski definition) is 2. The fraction of sp³-hybridized carbons (Fsp3) is 0.273. The topological polar surface area (TPSA) is 80.2 Å². The van der Waals surface area contributed by atoms with Crippen LogP contribution in [-0.4, -0.2) is 23.3 Å². The molecule has 0 radical (unpaired) electrons. The maximum Gasteiger partial charge on any atom is 0.191 e. The van der Waals surface area contributed by atoms with E-state index in [2.05, 4.69) is 15.4 Å². The van der Waals surface area contributed by atoms with Crippen molar-refractivity contribution in [1.82, 2.24) is 9.97 Å². The van der Waals surface area contributed by atoms with Gasteiger partial charge < -0.3 is 14.7 Å². The maximum absolute atomic E-state index is 5.40. The molecule has 0 atom stereocenters. The molecule has 0 aliphatic rings. The third-order valence-corrected chi connectivity index (χ3v) is 2.96. The fourth-order valence-electron chi connectivity index (χ4n) is 1.51. The summed E-state index contributed by atoms with van der Waals surface area (Å²) in [6.07, 6.45) is 5.30. The highest BCUT2D eigenvalue weighted by Gasteiger charge is 2.08. The van der Waals surface area contributed by atoms with Crippen molar-refractivity contribution < 1.29 is 4.42 Å². The molecule has 0 spiro atoms. The van der Waals surface area contributed by atoms with E-state index in [0.29, 0.717) is 17.5 Å². The molecule has 0 aromatic carbocycles. The first-order chi connectivity index (χ1) is 8.72. The lowest BCUT2D eigenvalue weighted by atomic mass is 10.3. The van der Waals surface area contributed by atoms with E-state index in [-0.39, 0.29) is 0 Å². The standard InChI is InChI=1S/C11H15N5OS/c1-16(6-8-3-4-17-7-8)10-5-9(15-12)13-11(14-10)18-2/h3-5,7H,6,12H2,1-2H3,(H,13,14,15). The molecule has 0 aliphatic heterocycles. The van der Waals surface area contributed by atoms with Gasteiger partial charge in [-0.1, -0.05) is 11.8 Å². The Bertz CT molecular complexity index is 480. The van der Waals surface area contributed by atoms with E-state index in [1.165, 1.54) is 11.8 Å². The zero-order chi connectivity index (χ0) is 13.0. The van der Waals surface area contributed by atoms with Crippen molar-refractivity contribution in [3.63, 3.8) is 0 Å². The predicted octanol–water partition coefficient (Wildman–Crippen LogP) is 1.71. The van der Waals surface area contributed by atoms with Gasteiger partial charge in [0.15, 0.2) is 5.16 Å². The van der Waals surface area contributed by atoms with Crippen molar-refractivity contribution >= 4 is 23.4 Å². The van der Waals surface area contributed by atoms with Crippen LogP contribution in [0.4, 0.5) is 11.6 Å². The number of nitrogens with two attached hydrogens (primary N) is 1. The number of nitrogens with one attached hydrogen (secondary N) is 1. The van der Waals surface area contributed by atoms with Crippen molar-refractivity contribution in [1.29, 1.82) is 0 Å².